The Labute approximate surface area is 111 Å². The summed E-state index contributed by atoms with van der Waals surface area (Å²) in [6.07, 6.45) is 0. The van der Waals surface area contributed by atoms with Gasteiger partial charge >= 0.3 is 0 Å². The van der Waals surface area contributed by atoms with Gasteiger partial charge in [0.1, 0.15) is 6.61 Å². The Hall–Kier alpha value is -1.16. The van der Waals surface area contributed by atoms with Crippen LogP contribution in [0.5, 0.6) is 0 Å². The van der Waals surface area contributed by atoms with E-state index in [4.69, 9.17) is 4.74 Å². The van der Waals surface area contributed by atoms with E-state index in [1.807, 2.05) is 52.0 Å². The van der Waals surface area contributed by atoms with Gasteiger partial charge in [-0.15, -0.1) is 0 Å². The van der Waals surface area contributed by atoms with Crippen molar-refractivity contribution in [1.82, 2.24) is 0 Å². The summed E-state index contributed by atoms with van der Waals surface area (Å²) >= 11 is 0. The summed E-state index contributed by atoms with van der Waals surface area (Å²) in [5.41, 5.74) is 0.857. The van der Waals surface area contributed by atoms with Crippen molar-refractivity contribution in [3.8, 4) is 0 Å². The maximum atomic E-state index is 12.5. The van der Waals surface area contributed by atoms with Gasteiger partial charge < -0.3 is 4.74 Å². The maximum Gasteiger partial charge on any atom is 0.217 e. The summed E-state index contributed by atoms with van der Waals surface area (Å²) in [6, 6.07) is 7.83. The van der Waals surface area contributed by atoms with E-state index in [2.05, 4.69) is 4.99 Å². The third-order valence-electron chi connectivity index (χ3n) is 2.67. The van der Waals surface area contributed by atoms with Crippen LogP contribution < -0.4 is 0 Å². The normalized spacial score (nSPS) is 21.3. The molecule has 3 nitrogen and oxygen atoms in total. The van der Waals surface area contributed by atoms with E-state index in [9.17, 15) is 4.21 Å². The number of hydrogen-bond acceptors (Lipinski definition) is 3. The first-order valence-electron chi connectivity index (χ1n) is 6.11. The van der Waals surface area contributed by atoms with Gasteiger partial charge in [-0.05, 0) is 39.8 Å². The highest BCUT2D eigenvalue weighted by molar-refractivity contribution is 7.86. The van der Waals surface area contributed by atoms with Crippen molar-refractivity contribution in [3.63, 3.8) is 0 Å². The lowest BCUT2D eigenvalue weighted by Gasteiger charge is -2.19. The molecular formula is C14H19NO2S. The summed E-state index contributed by atoms with van der Waals surface area (Å²) in [7, 11) is -1.08. The minimum Gasteiger partial charge on any atom is -0.475 e. The van der Waals surface area contributed by atoms with E-state index in [0.29, 0.717) is 12.5 Å². The second-order valence-corrected chi connectivity index (χ2v) is 7.67. The quantitative estimate of drug-likeness (QED) is 0.824. The van der Waals surface area contributed by atoms with Crippen molar-refractivity contribution in [3.05, 3.63) is 29.8 Å². The zero-order chi connectivity index (χ0) is 13.3. The average Bonchev–Trinajstić information content (AvgIpc) is 2.73. The lowest BCUT2D eigenvalue weighted by atomic mass is 10.2. The smallest absolute Gasteiger partial charge is 0.217 e. The van der Waals surface area contributed by atoms with Crippen LogP contribution >= 0.6 is 0 Å². The van der Waals surface area contributed by atoms with Crippen LogP contribution in [0.25, 0.3) is 0 Å². The molecule has 0 N–H and O–H groups in total. The van der Waals surface area contributed by atoms with Gasteiger partial charge in [0, 0.05) is 4.75 Å². The fourth-order valence-electron chi connectivity index (χ4n) is 1.76. The molecule has 0 amide bonds. The van der Waals surface area contributed by atoms with Crippen molar-refractivity contribution >= 4 is 16.7 Å². The first-order valence-corrected chi connectivity index (χ1v) is 7.26. The molecule has 0 bridgehead atoms. The summed E-state index contributed by atoms with van der Waals surface area (Å²) in [6.45, 7) is 8.53. The number of nitrogens with zero attached hydrogens (tertiary/aromatic N) is 1. The van der Waals surface area contributed by atoms with E-state index >= 15 is 0 Å². The molecule has 0 unspecified atom stereocenters. The summed E-state index contributed by atoms with van der Waals surface area (Å²) in [5, 5.41) is 0. The minimum absolute atomic E-state index is 0.177. The molecule has 1 aromatic carbocycles. The van der Waals surface area contributed by atoms with Crippen LogP contribution in [-0.2, 0) is 15.5 Å². The fourth-order valence-corrected chi connectivity index (χ4v) is 2.97. The zero-order valence-electron chi connectivity index (χ0n) is 11.3. The number of benzene rings is 1. The Kier molecular flexibility index (Phi) is 3.57. The number of aliphatic imine (C=N–C) groups is 1. The Morgan fingerprint density at radius 2 is 2.00 bits per heavy atom. The van der Waals surface area contributed by atoms with E-state index in [-0.39, 0.29) is 10.8 Å². The number of ether oxygens (including phenoxy) is 1. The molecule has 0 saturated carbocycles. The highest BCUT2D eigenvalue weighted by atomic mass is 32.2. The summed E-state index contributed by atoms with van der Waals surface area (Å²) in [4.78, 5) is 5.25. The third kappa shape index (κ3) is 2.64. The Bertz CT molecular complexity index is 503. The zero-order valence-corrected chi connectivity index (χ0v) is 12.1. The van der Waals surface area contributed by atoms with Crippen molar-refractivity contribution in [2.75, 3.05) is 6.61 Å². The molecule has 1 heterocycles. The topological polar surface area (TPSA) is 38.7 Å². The molecule has 2 rings (SSSR count). The van der Waals surface area contributed by atoms with Crippen LogP contribution in [0.4, 0.5) is 0 Å². The van der Waals surface area contributed by atoms with Gasteiger partial charge in [-0.1, -0.05) is 12.1 Å². The molecule has 1 aromatic rings. The molecule has 0 aliphatic carbocycles. The Morgan fingerprint density at radius 1 is 1.33 bits per heavy atom. The minimum atomic E-state index is -1.08. The van der Waals surface area contributed by atoms with E-state index in [1.165, 1.54) is 0 Å². The van der Waals surface area contributed by atoms with Crippen LogP contribution in [0.2, 0.25) is 0 Å². The third-order valence-corrected chi connectivity index (χ3v) is 4.54. The number of hydrogen-bond donors (Lipinski definition) is 0. The van der Waals surface area contributed by atoms with Gasteiger partial charge in [-0.25, -0.2) is 4.99 Å². The van der Waals surface area contributed by atoms with Gasteiger partial charge in [0.15, 0.2) is 0 Å². The van der Waals surface area contributed by atoms with E-state index < -0.39 is 10.8 Å². The van der Waals surface area contributed by atoms with E-state index in [0.717, 1.165) is 10.5 Å². The predicted molar refractivity (Wildman–Crippen MR) is 74.6 cm³/mol. The van der Waals surface area contributed by atoms with Gasteiger partial charge in [-0.2, -0.15) is 0 Å². The SMILES string of the molecule is C[C@H]1COC(c2ccccc2[S@@](=O)C(C)(C)C)=N1. The molecule has 0 radical (unpaired) electrons. The van der Waals surface area contributed by atoms with Crippen molar-refractivity contribution < 1.29 is 8.95 Å². The molecule has 0 saturated heterocycles. The van der Waals surface area contributed by atoms with Crippen molar-refractivity contribution in [2.45, 2.75) is 43.4 Å². The largest absolute Gasteiger partial charge is 0.475 e. The average molecular weight is 265 g/mol. The monoisotopic (exact) mass is 265 g/mol. The Morgan fingerprint density at radius 3 is 2.56 bits per heavy atom. The molecule has 98 valence electrons. The molecule has 0 spiro atoms. The van der Waals surface area contributed by atoms with Crippen LogP contribution in [0, 0.1) is 0 Å². The molecule has 2 atom stereocenters. The fraction of sp³-hybridized carbons (Fsp3) is 0.500. The van der Waals surface area contributed by atoms with Gasteiger partial charge in [0.05, 0.1) is 27.3 Å². The van der Waals surface area contributed by atoms with E-state index in [1.54, 1.807) is 0 Å². The second-order valence-electron chi connectivity index (χ2n) is 5.47. The first kappa shape index (κ1) is 13.3. The lowest BCUT2D eigenvalue weighted by Crippen LogP contribution is -2.23. The maximum absolute atomic E-state index is 12.5. The molecular weight excluding hydrogens is 246 g/mol. The van der Waals surface area contributed by atoms with Crippen LogP contribution in [0.1, 0.15) is 33.3 Å². The van der Waals surface area contributed by atoms with Crippen LogP contribution in [0.15, 0.2) is 34.2 Å². The molecule has 4 heteroatoms. The summed E-state index contributed by atoms with van der Waals surface area (Å²) < 4.78 is 17.8. The van der Waals surface area contributed by atoms with Crippen LogP contribution in [0.3, 0.4) is 0 Å². The predicted octanol–water partition coefficient (Wildman–Crippen LogP) is 2.76. The van der Waals surface area contributed by atoms with Gasteiger partial charge in [-0.3, -0.25) is 4.21 Å². The number of rotatable bonds is 2. The lowest BCUT2D eigenvalue weighted by molar-refractivity contribution is 0.323. The second kappa shape index (κ2) is 4.84. The highest BCUT2D eigenvalue weighted by Crippen LogP contribution is 2.25. The van der Waals surface area contributed by atoms with Crippen LogP contribution in [-0.4, -0.2) is 27.5 Å². The van der Waals surface area contributed by atoms with Crippen molar-refractivity contribution in [2.24, 2.45) is 4.99 Å². The molecule has 0 fully saturated rings. The molecule has 0 aromatic heterocycles. The highest BCUT2D eigenvalue weighted by Gasteiger charge is 2.26. The van der Waals surface area contributed by atoms with Gasteiger partial charge in [0.2, 0.25) is 5.90 Å². The standard InChI is InChI=1S/C14H19NO2S/c1-10-9-17-13(15-10)11-7-5-6-8-12(11)18(16)14(2,3)4/h5-8,10H,9H2,1-4H3/t10-,18+/m0/s1. The molecule has 18 heavy (non-hydrogen) atoms. The molecule has 1 aliphatic rings. The van der Waals surface area contributed by atoms with Crippen molar-refractivity contribution in [1.29, 1.82) is 0 Å². The Balaban J connectivity index is 2.44. The van der Waals surface area contributed by atoms with Gasteiger partial charge in [0.25, 0.3) is 0 Å². The molecule has 1 aliphatic heterocycles. The first-order chi connectivity index (χ1) is 8.39. The summed E-state index contributed by atoms with van der Waals surface area (Å²) in [5.74, 6) is 0.621.